The number of carbonyl (C=O) groups is 1. The number of amides is 1. The van der Waals surface area contributed by atoms with Crippen molar-refractivity contribution in [1.82, 2.24) is 15.5 Å². The SMILES string of the molecule is CCc1ccccc1CNC(=NC)NCc1ccc(C(=O)N(CC)CC)cc1. The van der Waals surface area contributed by atoms with E-state index in [0.717, 1.165) is 43.1 Å². The van der Waals surface area contributed by atoms with Crippen molar-refractivity contribution in [3.05, 3.63) is 70.8 Å². The summed E-state index contributed by atoms with van der Waals surface area (Å²) in [6.45, 7) is 8.99. The van der Waals surface area contributed by atoms with E-state index in [2.05, 4.69) is 46.8 Å². The maximum atomic E-state index is 12.4. The van der Waals surface area contributed by atoms with Crippen LogP contribution >= 0.6 is 0 Å². The third-order valence-corrected chi connectivity index (χ3v) is 4.88. The lowest BCUT2D eigenvalue weighted by Crippen LogP contribution is -2.36. The van der Waals surface area contributed by atoms with Gasteiger partial charge in [0.2, 0.25) is 0 Å². The fourth-order valence-corrected chi connectivity index (χ4v) is 3.12. The van der Waals surface area contributed by atoms with E-state index in [1.54, 1.807) is 7.05 Å². The Balaban J connectivity index is 1.90. The molecule has 0 spiro atoms. The van der Waals surface area contributed by atoms with Crippen LogP contribution in [0.2, 0.25) is 0 Å². The Bertz CT molecular complexity index is 779. The maximum Gasteiger partial charge on any atom is 0.253 e. The number of carbonyl (C=O) groups excluding carboxylic acids is 1. The van der Waals surface area contributed by atoms with Gasteiger partial charge in [0.15, 0.2) is 5.96 Å². The zero-order valence-electron chi connectivity index (χ0n) is 17.5. The molecular formula is C23H32N4O. The minimum absolute atomic E-state index is 0.0802. The van der Waals surface area contributed by atoms with Crippen LogP contribution in [-0.4, -0.2) is 36.9 Å². The molecule has 2 aromatic rings. The van der Waals surface area contributed by atoms with Gasteiger partial charge in [-0.1, -0.05) is 43.3 Å². The molecule has 0 bridgehead atoms. The second-order valence-electron chi connectivity index (χ2n) is 6.58. The highest BCUT2D eigenvalue weighted by atomic mass is 16.2. The number of hydrogen-bond acceptors (Lipinski definition) is 2. The van der Waals surface area contributed by atoms with Gasteiger partial charge in [-0.15, -0.1) is 0 Å². The van der Waals surface area contributed by atoms with E-state index in [-0.39, 0.29) is 5.91 Å². The van der Waals surface area contributed by atoms with Gasteiger partial charge < -0.3 is 15.5 Å². The van der Waals surface area contributed by atoms with E-state index >= 15 is 0 Å². The molecule has 1 amide bonds. The number of aliphatic imine (C=N–C) groups is 1. The lowest BCUT2D eigenvalue weighted by atomic mass is 10.1. The molecule has 0 aromatic heterocycles. The summed E-state index contributed by atoms with van der Waals surface area (Å²) in [4.78, 5) is 18.5. The standard InChI is InChI=1S/C23H32N4O/c1-5-19-10-8-9-11-21(19)17-26-23(24-4)25-16-18-12-14-20(15-13-18)22(28)27(6-2)7-3/h8-15H,5-7,16-17H2,1-4H3,(H2,24,25,26). The molecule has 150 valence electrons. The summed E-state index contributed by atoms with van der Waals surface area (Å²) >= 11 is 0. The maximum absolute atomic E-state index is 12.4. The highest BCUT2D eigenvalue weighted by molar-refractivity contribution is 5.94. The molecule has 5 heteroatoms. The molecule has 0 saturated heterocycles. The van der Waals surface area contributed by atoms with Crippen molar-refractivity contribution < 1.29 is 4.79 Å². The number of guanidine groups is 1. The first kappa shape index (κ1) is 21.5. The van der Waals surface area contributed by atoms with Crippen LogP contribution in [0, 0.1) is 0 Å². The number of nitrogens with zero attached hydrogens (tertiary/aromatic N) is 2. The van der Waals surface area contributed by atoms with Crippen LogP contribution in [0.15, 0.2) is 53.5 Å². The van der Waals surface area contributed by atoms with Gasteiger partial charge in [-0.3, -0.25) is 9.79 Å². The summed E-state index contributed by atoms with van der Waals surface area (Å²) in [5, 5.41) is 6.70. The Labute approximate surface area is 168 Å². The Morgan fingerprint density at radius 2 is 1.50 bits per heavy atom. The van der Waals surface area contributed by atoms with E-state index in [0.29, 0.717) is 6.54 Å². The molecule has 0 aliphatic carbocycles. The summed E-state index contributed by atoms with van der Waals surface area (Å²) in [5.74, 6) is 0.839. The summed E-state index contributed by atoms with van der Waals surface area (Å²) in [6, 6.07) is 16.2. The molecule has 0 heterocycles. The van der Waals surface area contributed by atoms with Crippen LogP contribution in [0.1, 0.15) is 47.8 Å². The van der Waals surface area contributed by atoms with Crippen molar-refractivity contribution in [2.45, 2.75) is 40.3 Å². The summed E-state index contributed by atoms with van der Waals surface area (Å²) in [5.41, 5.74) is 4.46. The highest BCUT2D eigenvalue weighted by Crippen LogP contribution is 2.10. The van der Waals surface area contributed by atoms with Crippen LogP contribution in [0.3, 0.4) is 0 Å². The molecule has 0 aliphatic heterocycles. The normalized spacial score (nSPS) is 11.2. The topological polar surface area (TPSA) is 56.7 Å². The van der Waals surface area contributed by atoms with Gasteiger partial charge in [0.25, 0.3) is 5.91 Å². The van der Waals surface area contributed by atoms with E-state index in [1.165, 1.54) is 11.1 Å². The second kappa shape index (κ2) is 11.1. The van der Waals surface area contributed by atoms with Crippen molar-refractivity contribution in [2.24, 2.45) is 4.99 Å². The summed E-state index contributed by atoms with van der Waals surface area (Å²) in [6.07, 6.45) is 1.02. The largest absolute Gasteiger partial charge is 0.352 e. The minimum Gasteiger partial charge on any atom is -0.352 e. The number of rotatable bonds is 8. The van der Waals surface area contributed by atoms with Gasteiger partial charge in [0.05, 0.1) is 0 Å². The molecule has 0 saturated carbocycles. The lowest BCUT2D eigenvalue weighted by Gasteiger charge is -2.18. The average molecular weight is 381 g/mol. The Hall–Kier alpha value is -2.82. The number of nitrogens with one attached hydrogen (secondary N) is 2. The highest BCUT2D eigenvalue weighted by Gasteiger charge is 2.11. The third-order valence-electron chi connectivity index (χ3n) is 4.88. The smallest absolute Gasteiger partial charge is 0.253 e. The molecule has 0 atom stereocenters. The quantitative estimate of drug-likeness (QED) is 0.543. The van der Waals surface area contributed by atoms with Crippen molar-refractivity contribution in [2.75, 3.05) is 20.1 Å². The van der Waals surface area contributed by atoms with E-state index in [9.17, 15) is 4.79 Å². The molecular weight excluding hydrogens is 348 g/mol. The fraction of sp³-hybridized carbons (Fsp3) is 0.391. The first-order valence-electron chi connectivity index (χ1n) is 10.0. The predicted octanol–water partition coefficient (Wildman–Crippen LogP) is 3.60. The van der Waals surface area contributed by atoms with E-state index in [4.69, 9.17) is 0 Å². The van der Waals surface area contributed by atoms with Crippen molar-refractivity contribution in [3.63, 3.8) is 0 Å². The van der Waals surface area contributed by atoms with Crippen LogP contribution in [0.5, 0.6) is 0 Å². The molecule has 2 aromatic carbocycles. The van der Waals surface area contributed by atoms with Crippen LogP contribution in [0.4, 0.5) is 0 Å². The van der Waals surface area contributed by atoms with Gasteiger partial charge in [-0.2, -0.15) is 0 Å². The minimum atomic E-state index is 0.0802. The molecule has 0 unspecified atom stereocenters. The average Bonchev–Trinajstić information content (AvgIpc) is 2.75. The summed E-state index contributed by atoms with van der Waals surface area (Å²) < 4.78 is 0. The Morgan fingerprint density at radius 3 is 2.07 bits per heavy atom. The monoisotopic (exact) mass is 380 g/mol. The van der Waals surface area contributed by atoms with Crippen molar-refractivity contribution in [3.8, 4) is 0 Å². The number of aryl methyl sites for hydroxylation is 1. The first-order chi connectivity index (χ1) is 13.6. The first-order valence-corrected chi connectivity index (χ1v) is 10.0. The Kier molecular flexibility index (Phi) is 8.53. The van der Waals surface area contributed by atoms with Crippen LogP contribution in [-0.2, 0) is 19.5 Å². The molecule has 2 rings (SSSR count). The van der Waals surface area contributed by atoms with Gasteiger partial charge in [-0.05, 0) is 49.1 Å². The zero-order chi connectivity index (χ0) is 20.4. The van der Waals surface area contributed by atoms with E-state index in [1.807, 2.05) is 43.0 Å². The molecule has 28 heavy (non-hydrogen) atoms. The molecule has 0 fully saturated rings. The third kappa shape index (κ3) is 5.84. The Morgan fingerprint density at radius 1 is 0.893 bits per heavy atom. The van der Waals surface area contributed by atoms with Crippen molar-refractivity contribution in [1.29, 1.82) is 0 Å². The number of hydrogen-bond donors (Lipinski definition) is 2. The fourth-order valence-electron chi connectivity index (χ4n) is 3.12. The van der Waals surface area contributed by atoms with Crippen LogP contribution in [0.25, 0.3) is 0 Å². The van der Waals surface area contributed by atoms with Gasteiger partial charge >= 0.3 is 0 Å². The van der Waals surface area contributed by atoms with Gasteiger partial charge in [-0.25, -0.2) is 0 Å². The molecule has 5 nitrogen and oxygen atoms in total. The van der Waals surface area contributed by atoms with Crippen LogP contribution < -0.4 is 10.6 Å². The number of benzene rings is 2. The molecule has 2 N–H and O–H groups in total. The van der Waals surface area contributed by atoms with Gasteiger partial charge in [0, 0.05) is 38.8 Å². The lowest BCUT2D eigenvalue weighted by molar-refractivity contribution is 0.0773. The zero-order valence-corrected chi connectivity index (χ0v) is 17.5. The van der Waals surface area contributed by atoms with Gasteiger partial charge in [0.1, 0.15) is 0 Å². The molecule has 0 radical (unpaired) electrons. The van der Waals surface area contributed by atoms with Crippen molar-refractivity contribution >= 4 is 11.9 Å². The summed E-state index contributed by atoms with van der Waals surface area (Å²) in [7, 11) is 1.77. The predicted molar refractivity (Wildman–Crippen MR) is 117 cm³/mol. The second-order valence-corrected chi connectivity index (χ2v) is 6.58. The molecule has 0 aliphatic rings. The van der Waals surface area contributed by atoms with E-state index < -0.39 is 0 Å².